The zero-order valence-electron chi connectivity index (χ0n) is 11.0. The molecule has 19 heavy (non-hydrogen) atoms. The van der Waals surface area contributed by atoms with Crippen molar-refractivity contribution in [1.82, 2.24) is 9.88 Å². The number of nitrogens with zero attached hydrogens (tertiary/aromatic N) is 2. The van der Waals surface area contributed by atoms with Crippen LogP contribution in [0.15, 0.2) is 48.7 Å². The molecule has 4 nitrogen and oxygen atoms in total. The lowest BCUT2D eigenvalue weighted by Gasteiger charge is -2.17. The molecule has 1 aromatic heterocycles. The number of nitrogens with one attached hydrogen (secondary N) is 1. The van der Waals surface area contributed by atoms with Gasteiger partial charge < -0.3 is 5.73 Å². The molecule has 0 aliphatic rings. The van der Waals surface area contributed by atoms with Crippen LogP contribution in [0.2, 0.25) is 0 Å². The van der Waals surface area contributed by atoms with E-state index in [1.165, 1.54) is 5.56 Å². The van der Waals surface area contributed by atoms with E-state index in [1.807, 2.05) is 30.3 Å². The number of nitrogen functional groups attached to an aromatic ring is 1. The second kappa shape index (κ2) is 6.11. The summed E-state index contributed by atoms with van der Waals surface area (Å²) < 4.78 is 0. The predicted octanol–water partition coefficient (Wildman–Crippen LogP) is 2.00. The number of nitrogens with two attached hydrogens (primary N) is 1. The van der Waals surface area contributed by atoms with Crippen LogP contribution in [0, 0.1) is 5.41 Å². The Hall–Kier alpha value is -2.20. The van der Waals surface area contributed by atoms with Gasteiger partial charge in [-0.3, -0.25) is 15.3 Å². The van der Waals surface area contributed by atoms with E-state index in [-0.39, 0.29) is 5.84 Å². The van der Waals surface area contributed by atoms with Gasteiger partial charge in [-0.1, -0.05) is 30.3 Å². The van der Waals surface area contributed by atoms with Crippen molar-refractivity contribution in [3.8, 4) is 0 Å². The van der Waals surface area contributed by atoms with Crippen molar-refractivity contribution < 1.29 is 0 Å². The Balaban J connectivity index is 2.01. The smallest absolute Gasteiger partial charge is 0.141 e. The molecule has 1 heterocycles. The molecule has 0 fully saturated rings. The fraction of sp³-hybridized carbons (Fsp3) is 0.200. The highest BCUT2D eigenvalue weighted by atomic mass is 15.1. The van der Waals surface area contributed by atoms with Crippen molar-refractivity contribution in [3.05, 3.63) is 65.5 Å². The number of benzene rings is 1. The van der Waals surface area contributed by atoms with Crippen molar-refractivity contribution in [2.24, 2.45) is 5.73 Å². The van der Waals surface area contributed by atoms with Crippen LogP contribution >= 0.6 is 0 Å². The molecule has 3 N–H and O–H groups in total. The number of aromatic nitrogens is 1. The van der Waals surface area contributed by atoms with E-state index < -0.39 is 0 Å². The zero-order chi connectivity index (χ0) is 13.7. The Morgan fingerprint density at radius 2 is 1.84 bits per heavy atom. The summed E-state index contributed by atoms with van der Waals surface area (Å²) in [4.78, 5) is 6.28. The van der Waals surface area contributed by atoms with Gasteiger partial charge in [0.25, 0.3) is 0 Å². The maximum Gasteiger partial charge on any atom is 0.141 e. The molecule has 4 heteroatoms. The van der Waals surface area contributed by atoms with Gasteiger partial charge in [-0.05, 0) is 30.3 Å². The monoisotopic (exact) mass is 254 g/mol. The number of hydrogen-bond acceptors (Lipinski definition) is 3. The summed E-state index contributed by atoms with van der Waals surface area (Å²) in [6.07, 6.45) is 1.70. The van der Waals surface area contributed by atoms with Gasteiger partial charge in [-0.15, -0.1) is 0 Å². The molecule has 0 aliphatic heterocycles. The first kappa shape index (κ1) is 13.2. The van der Waals surface area contributed by atoms with E-state index in [0.717, 1.165) is 18.7 Å². The Labute approximate surface area is 113 Å². The third-order valence-corrected chi connectivity index (χ3v) is 2.85. The molecule has 1 aromatic carbocycles. The Morgan fingerprint density at radius 1 is 1.16 bits per heavy atom. The molecule has 0 saturated carbocycles. The highest BCUT2D eigenvalue weighted by Crippen LogP contribution is 2.08. The second-order valence-electron chi connectivity index (χ2n) is 4.62. The van der Waals surface area contributed by atoms with Gasteiger partial charge in [-0.25, -0.2) is 0 Å². The molecule has 2 aromatic rings. The van der Waals surface area contributed by atoms with Crippen molar-refractivity contribution in [1.29, 1.82) is 5.41 Å². The first-order chi connectivity index (χ1) is 9.15. The first-order valence-corrected chi connectivity index (χ1v) is 6.17. The van der Waals surface area contributed by atoms with E-state index in [2.05, 4.69) is 29.1 Å². The van der Waals surface area contributed by atoms with Gasteiger partial charge >= 0.3 is 0 Å². The van der Waals surface area contributed by atoms with Crippen LogP contribution in [0.1, 0.15) is 16.8 Å². The van der Waals surface area contributed by atoms with Crippen molar-refractivity contribution in [2.75, 3.05) is 7.05 Å². The van der Waals surface area contributed by atoms with E-state index in [9.17, 15) is 0 Å². The summed E-state index contributed by atoms with van der Waals surface area (Å²) in [7, 11) is 2.07. The number of rotatable bonds is 5. The summed E-state index contributed by atoms with van der Waals surface area (Å²) in [5.74, 6) is 0.00700. The highest BCUT2D eigenvalue weighted by Gasteiger charge is 2.04. The molecule has 0 aliphatic carbocycles. The largest absolute Gasteiger partial charge is 0.382 e. The Kier molecular flexibility index (Phi) is 4.26. The number of amidine groups is 1. The van der Waals surface area contributed by atoms with Crippen LogP contribution in [0.5, 0.6) is 0 Å². The van der Waals surface area contributed by atoms with Crippen molar-refractivity contribution >= 4 is 5.84 Å². The lowest BCUT2D eigenvalue weighted by atomic mass is 10.2. The van der Waals surface area contributed by atoms with Gasteiger partial charge in [-0.2, -0.15) is 0 Å². The maximum absolute atomic E-state index is 7.40. The quantitative estimate of drug-likeness (QED) is 0.633. The predicted molar refractivity (Wildman–Crippen MR) is 76.9 cm³/mol. The molecule has 98 valence electrons. The van der Waals surface area contributed by atoms with Gasteiger partial charge in [0.2, 0.25) is 0 Å². The molecule has 0 atom stereocenters. The fourth-order valence-corrected chi connectivity index (χ4v) is 1.98. The molecule has 0 amide bonds. The summed E-state index contributed by atoms with van der Waals surface area (Å²) in [5.41, 5.74) is 8.37. The zero-order valence-corrected chi connectivity index (χ0v) is 11.0. The summed E-state index contributed by atoms with van der Waals surface area (Å²) in [6.45, 7) is 1.69. The van der Waals surface area contributed by atoms with Crippen molar-refractivity contribution in [2.45, 2.75) is 13.1 Å². The normalized spacial score (nSPS) is 10.6. The summed E-state index contributed by atoms with van der Waals surface area (Å²) in [6, 6.07) is 14.2. The van der Waals surface area contributed by atoms with Gasteiger partial charge in [0.05, 0.1) is 0 Å². The third kappa shape index (κ3) is 3.89. The van der Waals surface area contributed by atoms with Gasteiger partial charge in [0, 0.05) is 19.3 Å². The van der Waals surface area contributed by atoms with Crippen LogP contribution in [0.25, 0.3) is 0 Å². The molecular formula is C15H18N4. The molecule has 0 spiro atoms. The highest BCUT2D eigenvalue weighted by molar-refractivity contribution is 5.93. The Bertz CT molecular complexity index is 551. The van der Waals surface area contributed by atoms with Crippen LogP contribution in [0.3, 0.4) is 0 Å². The fourth-order valence-electron chi connectivity index (χ4n) is 1.98. The summed E-state index contributed by atoms with van der Waals surface area (Å²) in [5, 5.41) is 7.40. The molecule has 0 saturated heterocycles. The molecule has 0 bridgehead atoms. The summed E-state index contributed by atoms with van der Waals surface area (Å²) >= 11 is 0. The van der Waals surface area contributed by atoms with Gasteiger partial charge in [0.1, 0.15) is 11.5 Å². The SMILES string of the molecule is CN(Cc1ccccc1)Cc1ccnc(C(=N)N)c1. The van der Waals surface area contributed by atoms with Crippen LogP contribution < -0.4 is 5.73 Å². The van der Waals surface area contributed by atoms with Crippen molar-refractivity contribution in [3.63, 3.8) is 0 Å². The average molecular weight is 254 g/mol. The van der Waals surface area contributed by atoms with E-state index in [1.54, 1.807) is 6.20 Å². The average Bonchev–Trinajstić information content (AvgIpc) is 2.40. The Morgan fingerprint density at radius 3 is 2.53 bits per heavy atom. The molecular weight excluding hydrogens is 236 g/mol. The van der Waals surface area contributed by atoms with Crippen LogP contribution in [-0.2, 0) is 13.1 Å². The molecule has 2 rings (SSSR count). The lowest BCUT2D eigenvalue weighted by Crippen LogP contribution is -2.18. The lowest BCUT2D eigenvalue weighted by molar-refractivity contribution is 0.319. The minimum Gasteiger partial charge on any atom is -0.382 e. The third-order valence-electron chi connectivity index (χ3n) is 2.85. The molecule has 0 radical (unpaired) electrons. The number of hydrogen-bond donors (Lipinski definition) is 2. The minimum absolute atomic E-state index is 0.00700. The van der Waals surface area contributed by atoms with Crippen LogP contribution in [0.4, 0.5) is 0 Å². The van der Waals surface area contributed by atoms with E-state index in [0.29, 0.717) is 5.69 Å². The first-order valence-electron chi connectivity index (χ1n) is 6.17. The topological polar surface area (TPSA) is 66.0 Å². The van der Waals surface area contributed by atoms with Crippen LogP contribution in [-0.4, -0.2) is 22.8 Å². The number of pyridine rings is 1. The van der Waals surface area contributed by atoms with E-state index in [4.69, 9.17) is 11.1 Å². The minimum atomic E-state index is 0.00700. The van der Waals surface area contributed by atoms with E-state index >= 15 is 0 Å². The second-order valence-corrected chi connectivity index (χ2v) is 4.62. The van der Waals surface area contributed by atoms with Gasteiger partial charge in [0.15, 0.2) is 0 Å². The molecule has 0 unspecified atom stereocenters. The maximum atomic E-state index is 7.40. The standard InChI is InChI=1S/C15H18N4/c1-19(10-12-5-3-2-4-6-12)11-13-7-8-18-14(9-13)15(16)17/h2-9H,10-11H2,1H3,(H3,16,17).